The lowest BCUT2D eigenvalue weighted by Crippen LogP contribution is -2.27. The van der Waals surface area contributed by atoms with Gasteiger partial charge in [0.05, 0.1) is 11.3 Å². The number of nitrogen functional groups attached to an aromatic ring is 1. The van der Waals surface area contributed by atoms with E-state index < -0.39 is 5.82 Å². The highest BCUT2D eigenvalue weighted by molar-refractivity contribution is 5.99. The molecule has 1 rings (SSSR count). The zero-order chi connectivity index (χ0) is 13.4. The summed E-state index contributed by atoms with van der Waals surface area (Å²) in [7, 11) is 0. The van der Waals surface area contributed by atoms with E-state index in [2.05, 4.69) is 10.7 Å². The minimum atomic E-state index is -0.556. The standard InChI is InChI=1S/C12H18FN3O2/c1-2-18-8-4-7-15-12(17)9-5-3-6-10(13)11(9)16-14/h3,5-6,16H,2,4,7-8,14H2,1H3,(H,15,17). The van der Waals surface area contributed by atoms with Gasteiger partial charge in [-0.05, 0) is 25.5 Å². The first-order chi connectivity index (χ1) is 8.70. The summed E-state index contributed by atoms with van der Waals surface area (Å²) in [5.41, 5.74) is 2.38. The van der Waals surface area contributed by atoms with Gasteiger partial charge in [0.25, 0.3) is 5.91 Å². The van der Waals surface area contributed by atoms with Crippen LogP contribution in [-0.2, 0) is 4.74 Å². The molecule has 0 heterocycles. The predicted molar refractivity (Wildman–Crippen MR) is 67.7 cm³/mol. The van der Waals surface area contributed by atoms with Gasteiger partial charge in [0.1, 0.15) is 5.82 Å². The monoisotopic (exact) mass is 255 g/mol. The molecule has 5 nitrogen and oxygen atoms in total. The van der Waals surface area contributed by atoms with E-state index in [9.17, 15) is 9.18 Å². The molecule has 0 saturated heterocycles. The summed E-state index contributed by atoms with van der Waals surface area (Å²) in [6.45, 7) is 3.62. The van der Waals surface area contributed by atoms with E-state index in [0.717, 1.165) is 0 Å². The van der Waals surface area contributed by atoms with Crippen molar-refractivity contribution in [1.29, 1.82) is 0 Å². The summed E-state index contributed by atoms with van der Waals surface area (Å²) in [6, 6.07) is 4.21. The molecular formula is C12H18FN3O2. The average Bonchev–Trinajstić information content (AvgIpc) is 2.38. The number of carbonyl (C=O) groups excluding carboxylic acids is 1. The van der Waals surface area contributed by atoms with Gasteiger partial charge in [0.2, 0.25) is 0 Å². The maximum absolute atomic E-state index is 13.4. The number of hydrazine groups is 1. The van der Waals surface area contributed by atoms with E-state index in [4.69, 9.17) is 10.6 Å². The van der Waals surface area contributed by atoms with Crippen LogP contribution < -0.4 is 16.6 Å². The van der Waals surface area contributed by atoms with Crippen LogP contribution in [0.15, 0.2) is 18.2 Å². The summed E-state index contributed by atoms with van der Waals surface area (Å²) < 4.78 is 18.5. The molecule has 0 radical (unpaired) electrons. The van der Waals surface area contributed by atoms with Crippen LogP contribution in [0.4, 0.5) is 10.1 Å². The van der Waals surface area contributed by atoms with Gasteiger partial charge in [0, 0.05) is 19.8 Å². The maximum atomic E-state index is 13.4. The summed E-state index contributed by atoms with van der Waals surface area (Å²) in [6.07, 6.45) is 0.709. The number of hydrogen-bond donors (Lipinski definition) is 3. The van der Waals surface area contributed by atoms with E-state index in [-0.39, 0.29) is 17.2 Å². The van der Waals surface area contributed by atoms with Crippen LogP contribution in [0, 0.1) is 5.82 Å². The van der Waals surface area contributed by atoms with Crippen molar-refractivity contribution in [2.24, 2.45) is 5.84 Å². The minimum Gasteiger partial charge on any atom is -0.382 e. The molecule has 0 fully saturated rings. The maximum Gasteiger partial charge on any atom is 0.253 e. The largest absolute Gasteiger partial charge is 0.382 e. The second kappa shape index (κ2) is 7.62. The molecule has 0 aliphatic heterocycles. The number of carbonyl (C=O) groups is 1. The quantitative estimate of drug-likeness (QED) is 0.389. The zero-order valence-corrected chi connectivity index (χ0v) is 10.3. The lowest BCUT2D eigenvalue weighted by Gasteiger charge is -2.10. The Morgan fingerprint density at radius 3 is 2.94 bits per heavy atom. The molecule has 100 valence electrons. The number of nitrogens with one attached hydrogen (secondary N) is 2. The molecule has 0 saturated carbocycles. The topological polar surface area (TPSA) is 76.4 Å². The zero-order valence-electron chi connectivity index (χ0n) is 10.3. The van der Waals surface area contributed by atoms with E-state index >= 15 is 0 Å². The van der Waals surface area contributed by atoms with Crippen LogP contribution in [0.1, 0.15) is 23.7 Å². The Hall–Kier alpha value is -1.66. The normalized spacial score (nSPS) is 10.2. The highest BCUT2D eigenvalue weighted by atomic mass is 19.1. The molecule has 1 amide bonds. The molecule has 0 unspecified atom stereocenters. The van der Waals surface area contributed by atoms with Gasteiger partial charge in [0.15, 0.2) is 0 Å². The summed E-state index contributed by atoms with van der Waals surface area (Å²) in [4.78, 5) is 11.8. The van der Waals surface area contributed by atoms with Gasteiger partial charge < -0.3 is 15.5 Å². The van der Waals surface area contributed by atoms with Crippen molar-refractivity contribution in [3.8, 4) is 0 Å². The number of amides is 1. The van der Waals surface area contributed by atoms with Crippen molar-refractivity contribution >= 4 is 11.6 Å². The van der Waals surface area contributed by atoms with Crippen LogP contribution in [-0.4, -0.2) is 25.7 Å². The van der Waals surface area contributed by atoms with E-state index in [1.165, 1.54) is 18.2 Å². The fourth-order valence-electron chi connectivity index (χ4n) is 1.48. The van der Waals surface area contributed by atoms with E-state index in [1.807, 2.05) is 6.92 Å². The second-order valence-corrected chi connectivity index (χ2v) is 3.61. The third kappa shape index (κ3) is 3.97. The fraction of sp³-hybridized carbons (Fsp3) is 0.417. The van der Waals surface area contributed by atoms with Crippen LogP contribution >= 0.6 is 0 Å². The molecule has 4 N–H and O–H groups in total. The molecule has 0 spiro atoms. The Labute approximate surface area is 105 Å². The summed E-state index contributed by atoms with van der Waals surface area (Å²) >= 11 is 0. The van der Waals surface area contributed by atoms with Crippen LogP contribution in [0.25, 0.3) is 0 Å². The van der Waals surface area contributed by atoms with Gasteiger partial charge in [-0.1, -0.05) is 6.07 Å². The molecule has 18 heavy (non-hydrogen) atoms. The predicted octanol–water partition coefficient (Wildman–Crippen LogP) is 1.27. The summed E-state index contributed by atoms with van der Waals surface area (Å²) in [5.74, 6) is 4.28. The number of para-hydroxylation sites is 1. The third-order valence-electron chi connectivity index (χ3n) is 2.36. The Morgan fingerprint density at radius 2 is 2.28 bits per heavy atom. The van der Waals surface area contributed by atoms with E-state index in [1.54, 1.807) is 0 Å². The van der Waals surface area contributed by atoms with E-state index in [0.29, 0.717) is 26.2 Å². The first-order valence-electron chi connectivity index (χ1n) is 5.81. The Kier molecular flexibility index (Phi) is 6.10. The van der Waals surface area contributed by atoms with Gasteiger partial charge in [-0.25, -0.2) is 4.39 Å². The lowest BCUT2D eigenvalue weighted by atomic mass is 10.1. The van der Waals surface area contributed by atoms with Crippen LogP contribution in [0.5, 0.6) is 0 Å². The molecule has 0 aliphatic carbocycles. The molecule has 0 aliphatic rings. The molecule has 0 bridgehead atoms. The molecule has 6 heteroatoms. The van der Waals surface area contributed by atoms with Gasteiger partial charge >= 0.3 is 0 Å². The van der Waals surface area contributed by atoms with Crippen LogP contribution in [0.2, 0.25) is 0 Å². The highest BCUT2D eigenvalue weighted by Crippen LogP contribution is 2.18. The molecule has 1 aromatic rings. The molecule has 0 aromatic heterocycles. The third-order valence-corrected chi connectivity index (χ3v) is 2.36. The minimum absolute atomic E-state index is 0.000178. The second-order valence-electron chi connectivity index (χ2n) is 3.61. The Balaban J connectivity index is 2.54. The molecule has 1 aromatic carbocycles. The smallest absolute Gasteiger partial charge is 0.253 e. The van der Waals surface area contributed by atoms with Gasteiger partial charge in [-0.3, -0.25) is 10.6 Å². The fourth-order valence-corrected chi connectivity index (χ4v) is 1.48. The Bertz CT molecular complexity index is 399. The highest BCUT2D eigenvalue weighted by Gasteiger charge is 2.13. The van der Waals surface area contributed by atoms with Crippen molar-refractivity contribution in [2.75, 3.05) is 25.2 Å². The van der Waals surface area contributed by atoms with Crippen LogP contribution in [0.3, 0.4) is 0 Å². The number of rotatable bonds is 7. The van der Waals surface area contributed by atoms with Crippen molar-refractivity contribution in [1.82, 2.24) is 5.32 Å². The first-order valence-corrected chi connectivity index (χ1v) is 5.81. The Morgan fingerprint density at radius 1 is 1.50 bits per heavy atom. The van der Waals surface area contributed by atoms with Crippen molar-refractivity contribution in [3.63, 3.8) is 0 Å². The van der Waals surface area contributed by atoms with Crippen molar-refractivity contribution < 1.29 is 13.9 Å². The van der Waals surface area contributed by atoms with Crippen molar-refractivity contribution in [2.45, 2.75) is 13.3 Å². The SMILES string of the molecule is CCOCCCNC(=O)c1cccc(F)c1NN. The number of benzene rings is 1. The number of halogens is 1. The number of hydrogen-bond acceptors (Lipinski definition) is 4. The lowest BCUT2D eigenvalue weighted by molar-refractivity contribution is 0.0944. The summed E-state index contributed by atoms with van der Waals surface area (Å²) in [5, 5.41) is 2.68. The molecule has 0 atom stereocenters. The van der Waals surface area contributed by atoms with Gasteiger partial charge in [-0.15, -0.1) is 0 Å². The van der Waals surface area contributed by atoms with Crippen molar-refractivity contribution in [3.05, 3.63) is 29.6 Å². The average molecular weight is 255 g/mol. The van der Waals surface area contributed by atoms with Gasteiger partial charge in [-0.2, -0.15) is 0 Å². The number of nitrogens with two attached hydrogens (primary N) is 1. The molecular weight excluding hydrogens is 237 g/mol. The first kappa shape index (κ1) is 14.4. The number of anilines is 1. The number of ether oxygens (including phenoxy) is 1.